The van der Waals surface area contributed by atoms with Crippen LogP contribution in [0, 0.1) is 28.8 Å². The Kier molecular flexibility index (Phi) is 7.18. The molecule has 202 valence electrons. The zero-order valence-electron chi connectivity index (χ0n) is 20.2. The summed E-state index contributed by atoms with van der Waals surface area (Å²) in [6.45, 7) is -0.851. The summed E-state index contributed by atoms with van der Waals surface area (Å²) in [5, 5.41) is 11.9. The van der Waals surface area contributed by atoms with Crippen molar-refractivity contribution in [3.05, 3.63) is 113 Å². The first-order valence-electron chi connectivity index (χ1n) is 11.3. The highest BCUT2D eigenvalue weighted by Gasteiger charge is 2.24. The predicted molar refractivity (Wildman–Crippen MR) is 143 cm³/mol. The zero-order valence-corrected chi connectivity index (χ0v) is 22.5. The van der Waals surface area contributed by atoms with E-state index < -0.39 is 57.2 Å². The molecule has 5 rings (SSSR count). The standard InChI is InChI=1S/C26H14Cl3F3N6O2/c1-36-11-34-20(35-36)10-38-25(39)21-19(37(26(38)40)9-13-5-17(28)23(31)18(30)6-13)7-15(22(29)24(21)32)14-4-12(8-33)2-3-16(14)27/h2-7,11H,9-10H2,1H3. The normalized spacial score (nSPS) is 11.2. The number of benzene rings is 3. The number of rotatable bonds is 5. The van der Waals surface area contributed by atoms with Crippen molar-refractivity contribution in [2.24, 2.45) is 7.05 Å². The average molecular weight is 606 g/mol. The molecule has 0 aliphatic rings. The van der Waals surface area contributed by atoms with Gasteiger partial charge >= 0.3 is 5.69 Å². The van der Waals surface area contributed by atoms with Crippen LogP contribution in [0.15, 0.2) is 52.3 Å². The number of hydrogen-bond acceptors (Lipinski definition) is 5. The quantitative estimate of drug-likeness (QED) is 0.253. The lowest BCUT2D eigenvalue weighted by Gasteiger charge is -2.17. The number of hydrogen-bond donors (Lipinski definition) is 0. The van der Waals surface area contributed by atoms with Gasteiger partial charge in [0.15, 0.2) is 23.3 Å². The van der Waals surface area contributed by atoms with Crippen molar-refractivity contribution >= 4 is 45.7 Å². The Morgan fingerprint density at radius 2 is 1.68 bits per heavy atom. The topological polar surface area (TPSA) is 98.5 Å². The molecule has 5 aromatic rings. The molecule has 0 aliphatic heterocycles. The third-order valence-electron chi connectivity index (χ3n) is 6.11. The number of nitriles is 1. The highest BCUT2D eigenvalue weighted by atomic mass is 35.5. The van der Waals surface area contributed by atoms with Gasteiger partial charge in [-0.1, -0.05) is 34.8 Å². The Hall–Kier alpha value is -4.11. The van der Waals surface area contributed by atoms with Crippen LogP contribution in [-0.2, 0) is 20.1 Å². The minimum Gasteiger partial charge on any atom is -0.289 e. The van der Waals surface area contributed by atoms with Crippen molar-refractivity contribution in [3.63, 3.8) is 0 Å². The van der Waals surface area contributed by atoms with Crippen LogP contribution in [0.25, 0.3) is 22.0 Å². The van der Waals surface area contributed by atoms with Crippen LogP contribution in [0.1, 0.15) is 17.0 Å². The highest BCUT2D eigenvalue weighted by molar-refractivity contribution is 6.37. The van der Waals surface area contributed by atoms with Gasteiger partial charge in [0.25, 0.3) is 5.56 Å². The molecule has 2 aromatic heterocycles. The summed E-state index contributed by atoms with van der Waals surface area (Å²) in [6.07, 6.45) is 1.35. The average Bonchev–Trinajstić information content (AvgIpc) is 3.34. The van der Waals surface area contributed by atoms with E-state index in [0.29, 0.717) is 4.57 Å². The van der Waals surface area contributed by atoms with E-state index in [1.54, 1.807) is 7.05 Å². The lowest BCUT2D eigenvalue weighted by molar-refractivity contribution is 0.506. The van der Waals surface area contributed by atoms with Gasteiger partial charge in [-0.05, 0) is 42.0 Å². The van der Waals surface area contributed by atoms with E-state index in [2.05, 4.69) is 10.1 Å². The van der Waals surface area contributed by atoms with Crippen molar-refractivity contribution < 1.29 is 13.2 Å². The van der Waals surface area contributed by atoms with Crippen molar-refractivity contribution in [1.82, 2.24) is 23.9 Å². The number of nitrogens with zero attached hydrogens (tertiary/aromatic N) is 6. The van der Waals surface area contributed by atoms with Crippen molar-refractivity contribution in [2.75, 3.05) is 0 Å². The minimum atomic E-state index is -1.28. The maximum Gasteiger partial charge on any atom is 0.332 e. The van der Waals surface area contributed by atoms with Crippen LogP contribution in [0.2, 0.25) is 15.1 Å². The lowest BCUT2D eigenvalue weighted by atomic mass is 10.0. The summed E-state index contributed by atoms with van der Waals surface area (Å²) >= 11 is 18.5. The first-order valence-corrected chi connectivity index (χ1v) is 12.5. The second-order valence-corrected chi connectivity index (χ2v) is 9.91. The molecule has 0 spiro atoms. The molecule has 0 N–H and O–H groups in total. The highest BCUT2D eigenvalue weighted by Crippen LogP contribution is 2.38. The van der Waals surface area contributed by atoms with E-state index in [9.17, 15) is 23.6 Å². The Labute approximate surface area is 238 Å². The molecule has 0 unspecified atom stereocenters. The van der Waals surface area contributed by atoms with E-state index in [1.165, 1.54) is 35.3 Å². The van der Waals surface area contributed by atoms with Crippen LogP contribution in [-0.4, -0.2) is 23.9 Å². The number of halogens is 6. The maximum absolute atomic E-state index is 15.9. The van der Waals surface area contributed by atoms with Gasteiger partial charge in [0.05, 0.1) is 40.3 Å². The molecule has 0 atom stereocenters. The minimum absolute atomic E-state index is 0.00576. The lowest BCUT2D eigenvalue weighted by Crippen LogP contribution is -2.41. The molecule has 3 aromatic carbocycles. The van der Waals surface area contributed by atoms with Crippen LogP contribution < -0.4 is 11.2 Å². The van der Waals surface area contributed by atoms with E-state index in [4.69, 9.17) is 34.8 Å². The second-order valence-electron chi connectivity index (χ2n) is 8.72. The van der Waals surface area contributed by atoms with Gasteiger partial charge in [-0.25, -0.2) is 22.9 Å². The molecule has 40 heavy (non-hydrogen) atoms. The summed E-state index contributed by atoms with van der Waals surface area (Å²) in [4.78, 5) is 31.2. The summed E-state index contributed by atoms with van der Waals surface area (Å²) in [6, 6.07) is 9.40. The zero-order chi connectivity index (χ0) is 28.9. The second kappa shape index (κ2) is 10.5. The summed E-state index contributed by atoms with van der Waals surface area (Å²) in [7, 11) is 1.58. The maximum atomic E-state index is 15.9. The summed E-state index contributed by atoms with van der Waals surface area (Å²) < 4.78 is 47.0. The molecular formula is C26H14Cl3F3N6O2. The van der Waals surface area contributed by atoms with Gasteiger partial charge in [-0.15, -0.1) is 0 Å². The van der Waals surface area contributed by atoms with Gasteiger partial charge in [0.2, 0.25) is 0 Å². The molecular weight excluding hydrogens is 592 g/mol. The third-order valence-corrected chi connectivity index (χ3v) is 7.09. The fraction of sp³-hybridized carbons (Fsp3) is 0.115. The van der Waals surface area contributed by atoms with E-state index in [1.807, 2.05) is 6.07 Å². The van der Waals surface area contributed by atoms with Crippen LogP contribution in [0.3, 0.4) is 0 Å². The Bertz CT molecular complexity index is 1990. The van der Waals surface area contributed by atoms with Crippen LogP contribution >= 0.6 is 34.8 Å². The van der Waals surface area contributed by atoms with Gasteiger partial charge in [-0.2, -0.15) is 10.4 Å². The molecule has 0 aliphatic carbocycles. The van der Waals surface area contributed by atoms with Crippen molar-refractivity contribution in [1.29, 1.82) is 5.26 Å². The number of fused-ring (bicyclic) bond motifs is 1. The number of aromatic nitrogens is 5. The summed E-state index contributed by atoms with van der Waals surface area (Å²) in [5.41, 5.74) is -1.74. The van der Waals surface area contributed by atoms with Gasteiger partial charge in [0.1, 0.15) is 11.7 Å². The first-order chi connectivity index (χ1) is 19.0. The molecule has 0 saturated heterocycles. The Morgan fingerprint density at radius 1 is 0.925 bits per heavy atom. The van der Waals surface area contributed by atoms with E-state index >= 15 is 4.39 Å². The van der Waals surface area contributed by atoms with Crippen LogP contribution in [0.4, 0.5) is 13.2 Å². The molecule has 0 bridgehead atoms. The van der Waals surface area contributed by atoms with Gasteiger partial charge < -0.3 is 0 Å². The molecule has 0 radical (unpaired) electrons. The number of aryl methyl sites for hydroxylation is 1. The molecule has 0 fully saturated rings. The Morgan fingerprint density at radius 3 is 2.33 bits per heavy atom. The van der Waals surface area contributed by atoms with Crippen molar-refractivity contribution in [2.45, 2.75) is 13.1 Å². The SMILES string of the molecule is Cn1cnc(Cn2c(=O)c3c(F)c(Cl)c(-c4cc(C#N)ccc4Cl)cc3n(Cc3cc(F)c(F)c(Cl)c3)c2=O)n1. The summed E-state index contributed by atoms with van der Waals surface area (Å²) in [5.74, 6) is -3.61. The van der Waals surface area contributed by atoms with E-state index in [-0.39, 0.29) is 38.6 Å². The molecule has 2 heterocycles. The third kappa shape index (κ3) is 4.75. The largest absolute Gasteiger partial charge is 0.332 e. The molecule has 8 nitrogen and oxygen atoms in total. The predicted octanol–water partition coefficient (Wildman–Crippen LogP) is 5.30. The first kappa shape index (κ1) is 27.5. The molecule has 14 heteroatoms. The molecule has 0 amide bonds. The van der Waals surface area contributed by atoms with E-state index in [0.717, 1.165) is 16.7 Å². The fourth-order valence-corrected chi connectivity index (χ4v) is 4.97. The van der Waals surface area contributed by atoms with Gasteiger partial charge in [0, 0.05) is 23.2 Å². The monoisotopic (exact) mass is 604 g/mol. The van der Waals surface area contributed by atoms with Gasteiger partial charge in [-0.3, -0.25) is 18.6 Å². The smallest absolute Gasteiger partial charge is 0.289 e. The molecule has 0 saturated carbocycles. The Balaban J connectivity index is 1.85. The fourth-order valence-electron chi connectivity index (χ4n) is 4.27. The van der Waals surface area contributed by atoms with Crippen molar-refractivity contribution in [3.8, 4) is 17.2 Å². The van der Waals surface area contributed by atoms with Crippen LogP contribution in [0.5, 0.6) is 0 Å².